The molecule has 12 N–H and O–H groups in total. The summed E-state index contributed by atoms with van der Waals surface area (Å²) in [5, 5.41) is 130. The van der Waals surface area contributed by atoms with E-state index in [9.17, 15) is 61.3 Å². The van der Waals surface area contributed by atoms with Gasteiger partial charge in [-0.25, -0.2) is 0 Å². The molecule has 3 aliphatic heterocycles. The molecule has 27 atom stereocenters. The van der Waals surface area contributed by atoms with Gasteiger partial charge in [-0.1, -0.05) is 53.2 Å². The largest absolute Gasteiger partial charge is 0.432 e. The van der Waals surface area contributed by atoms with Crippen molar-refractivity contribution in [3.05, 3.63) is 11.6 Å². The number of aliphatic hydroxyl groups is 12. The minimum absolute atomic E-state index is 0.0112. The van der Waals surface area contributed by atoms with Crippen molar-refractivity contribution < 1.29 is 94.5 Å². The minimum atomic E-state index is -1.86. The van der Waals surface area contributed by atoms with Gasteiger partial charge in [-0.05, 0) is 104 Å². The number of hydrogen-bond donors (Lipinski definition) is 12. The molecule has 0 aromatic rings. The number of carbonyl (C=O) groups excluding carboxylic acids is 1. The zero-order valence-electron chi connectivity index (χ0n) is 39.8. The summed E-state index contributed by atoms with van der Waals surface area (Å²) in [6, 6.07) is 0. The second kappa shape index (κ2) is 18.5. The van der Waals surface area contributed by atoms with Crippen molar-refractivity contribution in [2.24, 2.45) is 56.7 Å². The molecule has 3 heterocycles. The highest BCUT2D eigenvalue weighted by Gasteiger charge is 2.71. The number of carbonyl (C=O) groups is 1. The molecule has 7 fully saturated rings. The van der Waals surface area contributed by atoms with Gasteiger partial charge in [-0.3, -0.25) is 4.79 Å². The number of hydrogen-bond acceptors (Lipinski definition) is 19. The molecule has 19 nitrogen and oxygen atoms in total. The minimum Gasteiger partial charge on any atom is -0.432 e. The first-order chi connectivity index (χ1) is 31.4. The lowest BCUT2D eigenvalue weighted by molar-refractivity contribution is -0.361. The molecular formula is C48H78O19. The summed E-state index contributed by atoms with van der Waals surface area (Å²) in [5.41, 5.74) is -1.64. The first-order valence-corrected chi connectivity index (χ1v) is 24.5. The van der Waals surface area contributed by atoms with Gasteiger partial charge >= 0.3 is 5.97 Å². The van der Waals surface area contributed by atoms with Gasteiger partial charge in [-0.15, -0.1) is 0 Å². The second-order valence-corrected chi connectivity index (χ2v) is 22.9. The van der Waals surface area contributed by atoms with Crippen LogP contribution in [0.5, 0.6) is 0 Å². The van der Waals surface area contributed by atoms with Crippen LogP contribution in [0.15, 0.2) is 11.6 Å². The Morgan fingerprint density at radius 2 is 1.34 bits per heavy atom. The van der Waals surface area contributed by atoms with E-state index in [-0.39, 0.29) is 52.4 Å². The summed E-state index contributed by atoms with van der Waals surface area (Å²) in [5.74, 6) is -0.386. The van der Waals surface area contributed by atoms with E-state index in [1.54, 1.807) is 0 Å². The molecule has 8 rings (SSSR count). The Morgan fingerprint density at radius 3 is 2.01 bits per heavy atom. The van der Waals surface area contributed by atoms with E-state index in [1.807, 2.05) is 6.92 Å². The van der Waals surface area contributed by atoms with Gasteiger partial charge < -0.3 is 89.7 Å². The normalized spacial score (nSPS) is 56.7. The van der Waals surface area contributed by atoms with Gasteiger partial charge in [0, 0.05) is 5.41 Å². The molecule has 0 amide bonds. The molecule has 0 radical (unpaired) electrons. The van der Waals surface area contributed by atoms with Crippen molar-refractivity contribution in [2.75, 3.05) is 19.8 Å². The van der Waals surface area contributed by atoms with Gasteiger partial charge in [0.15, 0.2) is 12.6 Å². The molecule has 0 aromatic carbocycles. The standard InChI is InChI=1S/C48H78O19/c1-20-10-13-48(15-14-46(6)23(29(48)21(20)2)8-9-28-44(4)16-24(51)39(60)45(5,19-50)27(44)11-12-47(28,46)7)43(61)67-42-36(58)33(55)31(53)26(65-42)18-62-40-37(59)34(56)38(25(17-49)64-40)66-41-35(57)32(54)30(52)22(3)63-41/h8,20-22,24-42,49-60H,9-19H2,1-7H3/t20-,21-,22-,24+,25-,26+,27+,28+,29+,30-,31+,32-,33-,34+,35+,36-,37-,38+,39-,40+,41+,42-,44-,45+,46-,47-,48+/m1/s1. The van der Waals surface area contributed by atoms with Gasteiger partial charge in [0.2, 0.25) is 6.29 Å². The van der Waals surface area contributed by atoms with E-state index in [0.29, 0.717) is 32.1 Å². The maximum atomic E-state index is 15.0. The fourth-order valence-electron chi connectivity index (χ4n) is 15.2. The zero-order valence-corrected chi connectivity index (χ0v) is 39.8. The number of aliphatic hydroxyl groups excluding tert-OH is 12. The molecule has 5 aliphatic carbocycles. The highest BCUT2D eigenvalue weighted by Crippen LogP contribution is 2.76. The van der Waals surface area contributed by atoms with E-state index < -0.39 is 134 Å². The zero-order chi connectivity index (χ0) is 49.1. The summed E-state index contributed by atoms with van der Waals surface area (Å²) in [4.78, 5) is 15.0. The Bertz CT molecular complexity index is 1820. The second-order valence-electron chi connectivity index (χ2n) is 22.9. The predicted octanol–water partition coefficient (Wildman–Crippen LogP) is -1.03. The van der Waals surface area contributed by atoms with Gasteiger partial charge in [0.25, 0.3) is 0 Å². The van der Waals surface area contributed by atoms with E-state index >= 15 is 4.79 Å². The number of ether oxygens (including phenoxy) is 6. The molecule has 67 heavy (non-hydrogen) atoms. The lowest BCUT2D eigenvalue weighted by atomic mass is 9.33. The van der Waals surface area contributed by atoms with Crippen LogP contribution in [-0.2, 0) is 33.2 Å². The third-order valence-electron chi connectivity index (χ3n) is 19.7. The molecule has 19 heteroatoms. The summed E-state index contributed by atoms with van der Waals surface area (Å²) in [6.45, 7) is 13.0. The molecule has 8 aliphatic rings. The molecule has 0 bridgehead atoms. The quantitative estimate of drug-likeness (QED) is 0.0971. The maximum Gasteiger partial charge on any atom is 0.315 e. The lowest BCUT2D eigenvalue weighted by Gasteiger charge is -2.71. The Kier molecular flexibility index (Phi) is 14.4. The van der Waals surface area contributed by atoms with Crippen LogP contribution in [0.2, 0.25) is 0 Å². The van der Waals surface area contributed by atoms with Crippen LogP contribution in [-0.4, -0.2) is 191 Å². The van der Waals surface area contributed by atoms with E-state index in [1.165, 1.54) is 12.5 Å². The SMILES string of the molecule is C[C@@H]1[C@H](C)CC[C@]2(C(=O)O[C@H]3O[C@@H](CO[C@H]4O[C@H](CO)[C@H](O[C@@H]5O[C@H](C)[C@@H](O)[C@@H](O)[C@@H]5O)[C@@H](O)[C@H]4O)[C@H](O)[C@@H](O)[C@H]3O)CC[C@]3(C)C(=CC[C@H]4[C@]5(C)C[C@H](O)[C@@H](O)[C@@](C)(CO)[C@H]5CC[C@]43C)[C@H]12. The molecule has 0 unspecified atom stereocenters. The number of fused-ring (bicyclic) bond motifs is 7. The van der Waals surface area contributed by atoms with Gasteiger partial charge in [0.05, 0.1) is 43.5 Å². The fraction of sp³-hybridized carbons (Fsp3) is 0.938. The number of allylic oxidation sites excluding steroid dienone is 2. The lowest BCUT2D eigenvalue weighted by Crippen LogP contribution is -2.68. The molecular weight excluding hydrogens is 881 g/mol. The topological polar surface area (TPSA) is 315 Å². The van der Waals surface area contributed by atoms with Crippen LogP contribution >= 0.6 is 0 Å². The summed E-state index contributed by atoms with van der Waals surface area (Å²) < 4.78 is 34.7. The molecule has 3 saturated heterocycles. The van der Waals surface area contributed by atoms with Crippen LogP contribution < -0.4 is 0 Å². The van der Waals surface area contributed by atoms with Crippen molar-refractivity contribution in [3.63, 3.8) is 0 Å². The third kappa shape index (κ3) is 7.92. The first kappa shape index (κ1) is 51.9. The van der Waals surface area contributed by atoms with Crippen molar-refractivity contribution in [1.29, 1.82) is 0 Å². The third-order valence-corrected chi connectivity index (χ3v) is 19.7. The van der Waals surface area contributed by atoms with Crippen molar-refractivity contribution >= 4 is 5.97 Å². The fourth-order valence-corrected chi connectivity index (χ4v) is 15.2. The van der Waals surface area contributed by atoms with Gasteiger partial charge in [-0.2, -0.15) is 0 Å². The summed E-state index contributed by atoms with van der Waals surface area (Å²) in [7, 11) is 0. The maximum absolute atomic E-state index is 15.0. The first-order valence-electron chi connectivity index (χ1n) is 24.5. The van der Waals surface area contributed by atoms with Gasteiger partial charge in [0.1, 0.15) is 67.1 Å². The Morgan fingerprint density at radius 1 is 0.701 bits per heavy atom. The van der Waals surface area contributed by atoms with Crippen LogP contribution in [0.3, 0.4) is 0 Å². The predicted molar refractivity (Wildman–Crippen MR) is 231 cm³/mol. The molecule has 384 valence electrons. The van der Waals surface area contributed by atoms with Crippen LogP contribution in [0.25, 0.3) is 0 Å². The summed E-state index contributed by atoms with van der Waals surface area (Å²) >= 11 is 0. The molecule has 0 aromatic heterocycles. The Labute approximate surface area is 392 Å². The number of esters is 1. The summed E-state index contributed by atoms with van der Waals surface area (Å²) in [6.07, 6.45) is -18.9. The highest BCUT2D eigenvalue weighted by molar-refractivity contribution is 5.79. The molecule has 4 saturated carbocycles. The van der Waals surface area contributed by atoms with Crippen molar-refractivity contribution in [1.82, 2.24) is 0 Å². The van der Waals surface area contributed by atoms with E-state index in [4.69, 9.17) is 28.4 Å². The average molecular weight is 959 g/mol. The Hall–Kier alpha value is -1.47. The smallest absolute Gasteiger partial charge is 0.315 e. The van der Waals surface area contributed by atoms with Crippen molar-refractivity contribution in [3.8, 4) is 0 Å². The average Bonchev–Trinajstić information content (AvgIpc) is 3.29. The van der Waals surface area contributed by atoms with Crippen LogP contribution in [0.1, 0.15) is 99.8 Å². The van der Waals surface area contributed by atoms with Crippen LogP contribution in [0, 0.1) is 56.7 Å². The number of rotatable bonds is 9. The van der Waals surface area contributed by atoms with Crippen molar-refractivity contribution in [2.45, 2.75) is 204 Å². The highest BCUT2D eigenvalue weighted by atomic mass is 16.8. The van der Waals surface area contributed by atoms with Crippen LogP contribution in [0.4, 0.5) is 0 Å². The monoisotopic (exact) mass is 959 g/mol. The van der Waals surface area contributed by atoms with E-state index in [2.05, 4.69) is 40.7 Å². The van der Waals surface area contributed by atoms with E-state index in [0.717, 1.165) is 19.3 Å². The molecule has 0 spiro atoms. The Balaban J connectivity index is 0.985.